The minimum absolute atomic E-state index is 0.0167. The van der Waals surface area contributed by atoms with Crippen LogP contribution in [0, 0.1) is 11.3 Å². The predicted octanol–water partition coefficient (Wildman–Crippen LogP) is 2.60. The molecule has 0 bridgehead atoms. The van der Waals surface area contributed by atoms with Gasteiger partial charge in [-0.3, -0.25) is 4.79 Å². The number of nitrogens with two attached hydrogens (primary N) is 1. The van der Waals surface area contributed by atoms with Gasteiger partial charge in [0.1, 0.15) is 5.54 Å². The lowest BCUT2D eigenvalue weighted by molar-refractivity contribution is -0.171. The van der Waals surface area contributed by atoms with Crippen molar-refractivity contribution in [3.05, 3.63) is 0 Å². The van der Waals surface area contributed by atoms with Crippen LogP contribution in [0.3, 0.4) is 0 Å². The Bertz CT molecular complexity index is 383. The van der Waals surface area contributed by atoms with Gasteiger partial charge < -0.3 is 15.8 Å². The lowest BCUT2D eigenvalue weighted by Crippen LogP contribution is -2.76. The van der Waals surface area contributed by atoms with E-state index in [1.807, 2.05) is 20.8 Å². The molecule has 2 aliphatic rings. The molecule has 0 aromatic heterocycles. The number of rotatable bonds is 4. The maximum atomic E-state index is 12.7. The maximum absolute atomic E-state index is 12.7. The Balaban J connectivity index is 1.94. The van der Waals surface area contributed by atoms with E-state index < -0.39 is 5.54 Å². The second-order valence-electron chi connectivity index (χ2n) is 7.62. The minimum Gasteiger partial charge on any atom is -0.378 e. The third-order valence-electron chi connectivity index (χ3n) is 5.83. The summed E-state index contributed by atoms with van der Waals surface area (Å²) in [4.78, 5) is 12.7. The fourth-order valence-corrected chi connectivity index (χ4v) is 3.77. The van der Waals surface area contributed by atoms with Crippen LogP contribution in [0.5, 0.6) is 0 Å². The Labute approximate surface area is 129 Å². The van der Waals surface area contributed by atoms with Gasteiger partial charge in [-0.1, -0.05) is 33.6 Å². The van der Waals surface area contributed by atoms with E-state index in [4.69, 9.17) is 10.5 Å². The number of hydrogen-bond acceptors (Lipinski definition) is 3. The Morgan fingerprint density at radius 1 is 1.29 bits per heavy atom. The molecule has 2 aliphatic carbocycles. The second kappa shape index (κ2) is 6.25. The molecule has 3 N–H and O–H groups in total. The zero-order chi connectivity index (χ0) is 15.7. The van der Waals surface area contributed by atoms with Crippen molar-refractivity contribution in [3.8, 4) is 0 Å². The molecule has 0 heterocycles. The van der Waals surface area contributed by atoms with E-state index in [2.05, 4.69) is 12.2 Å². The summed E-state index contributed by atoms with van der Waals surface area (Å²) >= 11 is 0. The summed E-state index contributed by atoms with van der Waals surface area (Å²) in [5, 5.41) is 3.22. The first-order chi connectivity index (χ1) is 9.81. The topological polar surface area (TPSA) is 64.3 Å². The molecule has 21 heavy (non-hydrogen) atoms. The second-order valence-corrected chi connectivity index (χ2v) is 7.62. The number of ether oxygens (including phenoxy) is 1. The van der Waals surface area contributed by atoms with E-state index in [9.17, 15) is 4.79 Å². The zero-order valence-corrected chi connectivity index (χ0v) is 14.1. The van der Waals surface area contributed by atoms with Gasteiger partial charge in [-0.15, -0.1) is 0 Å². The number of carbonyl (C=O) groups is 1. The van der Waals surface area contributed by atoms with Gasteiger partial charge in [-0.05, 0) is 32.1 Å². The third kappa shape index (κ3) is 3.11. The molecule has 2 saturated carbocycles. The molecule has 0 radical (unpaired) electrons. The molecule has 4 heteroatoms. The van der Waals surface area contributed by atoms with E-state index in [1.165, 1.54) is 19.3 Å². The zero-order valence-electron chi connectivity index (χ0n) is 14.1. The fraction of sp³-hybridized carbons (Fsp3) is 0.941. The van der Waals surface area contributed by atoms with Crippen molar-refractivity contribution in [1.29, 1.82) is 0 Å². The summed E-state index contributed by atoms with van der Waals surface area (Å²) in [6, 6.07) is 0.296. The van der Waals surface area contributed by atoms with Crippen molar-refractivity contribution in [1.82, 2.24) is 5.32 Å². The standard InChI is InChI=1S/C17H32N2O2/c1-5-21-14-11-17(18,16(14,3)4)15(20)19-13-8-6-7-12(2)9-10-13/h12-14H,5-11,18H2,1-4H3,(H,19,20). The van der Waals surface area contributed by atoms with Crippen LogP contribution in [0.1, 0.15) is 66.2 Å². The highest BCUT2D eigenvalue weighted by Crippen LogP contribution is 2.50. The molecule has 4 unspecified atom stereocenters. The van der Waals surface area contributed by atoms with E-state index in [0.29, 0.717) is 19.1 Å². The summed E-state index contributed by atoms with van der Waals surface area (Å²) in [7, 11) is 0. The van der Waals surface area contributed by atoms with Crippen molar-refractivity contribution in [2.75, 3.05) is 6.61 Å². The molecule has 2 fully saturated rings. The maximum Gasteiger partial charge on any atom is 0.241 e. The first-order valence-electron chi connectivity index (χ1n) is 8.52. The first-order valence-corrected chi connectivity index (χ1v) is 8.52. The van der Waals surface area contributed by atoms with Crippen LogP contribution in [0.4, 0.5) is 0 Å². The highest BCUT2D eigenvalue weighted by molar-refractivity contribution is 5.89. The first kappa shape index (κ1) is 16.8. The van der Waals surface area contributed by atoms with Crippen molar-refractivity contribution < 1.29 is 9.53 Å². The summed E-state index contributed by atoms with van der Waals surface area (Å²) < 4.78 is 5.70. The highest BCUT2D eigenvalue weighted by Gasteiger charge is 2.62. The number of hydrogen-bond donors (Lipinski definition) is 2. The predicted molar refractivity (Wildman–Crippen MR) is 84.9 cm³/mol. The SMILES string of the molecule is CCOC1CC(N)(C(=O)NC2CCCC(C)CC2)C1(C)C. The van der Waals surface area contributed by atoms with Crippen molar-refractivity contribution in [2.24, 2.45) is 17.1 Å². The average molecular weight is 296 g/mol. The van der Waals surface area contributed by atoms with Crippen LogP contribution >= 0.6 is 0 Å². The normalized spacial score (nSPS) is 39.2. The molecule has 4 nitrogen and oxygen atoms in total. The number of carbonyl (C=O) groups excluding carboxylic acids is 1. The summed E-state index contributed by atoms with van der Waals surface area (Å²) in [6.07, 6.45) is 6.57. The van der Waals surface area contributed by atoms with Crippen LogP contribution < -0.4 is 11.1 Å². The molecule has 0 aromatic rings. The van der Waals surface area contributed by atoms with Crippen LogP contribution in [0.15, 0.2) is 0 Å². The Morgan fingerprint density at radius 2 is 2.00 bits per heavy atom. The molecule has 122 valence electrons. The Morgan fingerprint density at radius 3 is 2.62 bits per heavy atom. The van der Waals surface area contributed by atoms with Gasteiger partial charge in [0.15, 0.2) is 0 Å². The monoisotopic (exact) mass is 296 g/mol. The van der Waals surface area contributed by atoms with Crippen molar-refractivity contribution in [2.45, 2.75) is 83.9 Å². The van der Waals surface area contributed by atoms with Crippen molar-refractivity contribution >= 4 is 5.91 Å². The van der Waals surface area contributed by atoms with Crippen LogP contribution in [0.2, 0.25) is 0 Å². The van der Waals surface area contributed by atoms with Crippen molar-refractivity contribution in [3.63, 3.8) is 0 Å². The van der Waals surface area contributed by atoms with Crippen LogP contribution in [-0.2, 0) is 9.53 Å². The quantitative estimate of drug-likeness (QED) is 0.784. The smallest absolute Gasteiger partial charge is 0.241 e. The number of amides is 1. The van der Waals surface area contributed by atoms with E-state index in [1.54, 1.807) is 0 Å². The molecular formula is C17H32N2O2. The molecule has 0 spiro atoms. The van der Waals surface area contributed by atoms with Gasteiger partial charge >= 0.3 is 0 Å². The molecule has 1 amide bonds. The van der Waals surface area contributed by atoms with Gasteiger partial charge in [0, 0.05) is 24.5 Å². The molecular weight excluding hydrogens is 264 g/mol. The van der Waals surface area contributed by atoms with E-state index in [-0.39, 0.29) is 17.4 Å². The molecule has 0 aromatic carbocycles. The van der Waals surface area contributed by atoms with E-state index >= 15 is 0 Å². The molecule has 0 aliphatic heterocycles. The summed E-state index contributed by atoms with van der Waals surface area (Å²) in [5.41, 5.74) is 5.35. The van der Waals surface area contributed by atoms with Gasteiger partial charge in [-0.2, -0.15) is 0 Å². The Hall–Kier alpha value is -0.610. The molecule has 2 rings (SSSR count). The third-order valence-corrected chi connectivity index (χ3v) is 5.83. The summed E-state index contributed by atoms with van der Waals surface area (Å²) in [5.74, 6) is 0.796. The highest BCUT2D eigenvalue weighted by atomic mass is 16.5. The minimum atomic E-state index is -0.787. The van der Waals surface area contributed by atoms with Crippen LogP contribution in [-0.4, -0.2) is 30.2 Å². The molecule has 4 atom stereocenters. The lowest BCUT2D eigenvalue weighted by atomic mass is 9.54. The average Bonchev–Trinajstić information content (AvgIpc) is 2.63. The largest absolute Gasteiger partial charge is 0.378 e. The fourth-order valence-electron chi connectivity index (χ4n) is 3.77. The lowest BCUT2D eigenvalue weighted by Gasteiger charge is -2.57. The van der Waals surface area contributed by atoms with Gasteiger partial charge in [-0.25, -0.2) is 0 Å². The number of nitrogens with one attached hydrogen (secondary N) is 1. The van der Waals surface area contributed by atoms with Crippen LogP contribution in [0.25, 0.3) is 0 Å². The van der Waals surface area contributed by atoms with Gasteiger partial charge in [0.05, 0.1) is 6.10 Å². The van der Waals surface area contributed by atoms with E-state index in [0.717, 1.165) is 18.8 Å². The Kier molecular flexibility index (Phi) is 4.99. The van der Waals surface area contributed by atoms with Gasteiger partial charge in [0.2, 0.25) is 5.91 Å². The molecule has 0 saturated heterocycles. The summed E-state index contributed by atoms with van der Waals surface area (Å²) in [6.45, 7) is 9.05. The van der Waals surface area contributed by atoms with Gasteiger partial charge in [0.25, 0.3) is 0 Å².